The van der Waals surface area contributed by atoms with Crippen LogP contribution in [-0.2, 0) is 11.2 Å². The molecular weight excluding hydrogens is 272 g/mol. The van der Waals surface area contributed by atoms with E-state index in [1.165, 1.54) is 6.08 Å². The third kappa shape index (κ3) is 2.64. The fraction of sp³-hybridized carbons (Fsp3) is 0.250. The molecule has 1 aliphatic rings. The van der Waals surface area contributed by atoms with Gasteiger partial charge in [0.05, 0.1) is 6.61 Å². The average Bonchev–Trinajstić information content (AvgIpc) is 2.25. The zero-order valence-electron chi connectivity index (χ0n) is 8.52. The van der Waals surface area contributed by atoms with E-state index in [1.807, 2.05) is 18.2 Å². The van der Waals surface area contributed by atoms with Crippen LogP contribution in [0.3, 0.4) is 0 Å². The van der Waals surface area contributed by atoms with Crippen molar-refractivity contribution in [3.05, 3.63) is 40.4 Å². The molecule has 1 aromatic carbocycles. The minimum Gasteiger partial charge on any atom is -0.493 e. The quantitative estimate of drug-likeness (QED) is 0.849. The lowest BCUT2D eigenvalue weighted by Crippen LogP contribution is -2.19. The molecule has 0 saturated carbocycles. The van der Waals surface area contributed by atoms with Crippen LogP contribution in [0.2, 0.25) is 0 Å². The molecule has 0 saturated heterocycles. The van der Waals surface area contributed by atoms with Crippen LogP contribution < -0.4 is 4.74 Å². The Bertz CT molecular complexity index is 440. The first-order valence-electron chi connectivity index (χ1n) is 4.97. The van der Waals surface area contributed by atoms with Gasteiger partial charge in [0.15, 0.2) is 0 Å². The van der Waals surface area contributed by atoms with E-state index in [-0.39, 0.29) is 5.92 Å². The Morgan fingerprint density at radius 1 is 1.56 bits per heavy atom. The Hall–Kier alpha value is -1.29. The first-order valence-corrected chi connectivity index (χ1v) is 5.77. The summed E-state index contributed by atoms with van der Waals surface area (Å²) in [5.41, 5.74) is 1.11. The van der Waals surface area contributed by atoms with Crippen LogP contribution in [0.15, 0.2) is 34.8 Å². The van der Waals surface area contributed by atoms with Gasteiger partial charge in [-0.25, -0.2) is 4.79 Å². The molecule has 1 heterocycles. The average molecular weight is 283 g/mol. The van der Waals surface area contributed by atoms with Gasteiger partial charge in [0.1, 0.15) is 5.75 Å². The number of carboxylic acids is 1. The molecule has 1 unspecified atom stereocenters. The highest BCUT2D eigenvalue weighted by Crippen LogP contribution is 2.30. The molecule has 4 heteroatoms. The largest absolute Gasteiger partial charge is 0.493 e. The summed E-state index contributed by atoms with van der Waals surface area (Å²) in [7, 11) is 0. The maximum Gasteiger partial charge on any atom is 0.327 e. The van der Waals surface area contributed by atoms with Crippen LogP contribution in [0, 0.1) is 5.92 Å². The van der Waals surface area contributed by atoms with Gasteiger partial charge in [-0.1, -0.05) is 22.0 Å². The molecule has 1 N–H and O–H groups in total. The summed E-state index contributed by atoms with van der Waals surface area (Å²) in [5, 5.41) is 8.55. The number of benzene rings is 1. The maximum absolute atomic E-state index is 10.4. The third-order valence-electron chi connectivity index (χ3n) is 2.47. The normalized spacial score (nSPS) is 19.2. The van der Waals surface area contributed by atoms with Gasteiger partial charge in [0.2, 0.25) is 0 Å². The number of halogens is 1. The zero-order chi connectivity index (χ0) is 11.5. The summed E-state index contributed by atoms with van der Waals surface area (Å²) >= 11 is 3.40. The lowest BCUT2D eigenvalue weighted by atomic mass is 9.96. The summed E-state index contributed by atoms with van der Waals surface area (Å²) < 4.78 is 6.57. The van der Waals surface area contributed by atoms with Gasteiger partial charge in [0.25, 0.3) is 0 Å². The summed E-state index contributed by atoms with van der Waals surface area (Å²) in [6, 6.07) is 5.87. The van der Waals surface area contributed by atoms with E-state index in [9.17, 15) is 4.79 Å². The molecule has 16 heavy (non-hydrogen) atoms. The predicted molar refractivity (Wildman–Crippen MR) is 63.6 cm³/mol. The molecule has 0 fully saturated rings. The minimum atomic E-state index is -0.917. The molecule has 0 aliphatic carbocycles. The van der Waals surface area contributed by atoms with E-state index >= 15 is 0 Å². The van der Waals surface area contributed by atoms with Gasteiger partial charge in [0, 0.05) is 16.5 Å². The van der Waals surface area contributed by atoms with Crippen LogP contribution in [0.1, 0.15) is 5.56 Å². The van der Waals surface area contributed by atoms with Crippen LogP contribution in [-0.4, -0.2) is 17.7 Å². The standard InChI is InChI=1S/C12H11BrO3/c13-10-2-3-11-9(6-10)5-8(7-16-11)1-4-12(14)15/h1-4,6,8H,5,7H2,(H,14,15). The van der Waals surface area contributed by atoms with Crippen molar-refractivity contribution in [2.45, 2.75) is 6.42 Å². The Labute approximate surface area is 102 Å². The van der Waals surface area contributed by atoms with Crippen LogP contribution in [0.4, 0.5) is 0 Å². The molecule has 1 atom stereocenters. The molecule has 0 radical (unpaired) electrons. The van der Waals surface area contributed by atoms with E-state index in [4.69, 9.17) is 9.84 Å². The van der Waals surface area contributed by atoms with Crippen molar-refractivity contribution in [3.8, 4) is 5.75 Å². The lowest BCUT2D eigenvalue weighted by molar-refractivity contribution is -0.131. The molecular formula is C12H11BrO3. The molecule has 0 amide bonds. The monoisotopic (exact) mass is 282 g/mol. The van der Waals surface area contributed by atoms with Crippen molar-refractivity contribution in [2.24, 2.45) is 5.92 Å². The highest BCUT2D eigenvalue weighted by Gasteiger charge is 2.17. The Kier molecular flexibility index (Phi) is 3.29. The summed E-state index contributed by atoms with van der Waals surface area (Å²) in [6.07, 6.45) is 3.68. The Morgan fingerprint density at radius 3 is 3.12 bits per heavy atom. The molecule has 0 spiro atoms. The molecule has 1 aromatic rings. The van der Waals surface area contributed by atoms with Crippen molar-refractivity contribution in [1.82, 2.24) is 0 Å². The van der Waals surface area contributed by atoms with E-state index in [2.05, 4.69) is 15.9 Å². The Balaban J connectivity index is 2.13. The van der Waals surface area contributed by atoms with Gasteiger partial charge >= 0.3 is 5.97 Å². The highest BCUT2D eigenvalue weighted by atomic mass is 79.9. The summed E-state index contributed by atoms with van der Waals surface area (Å²) in [6.45, 7) is 0.540. The third-order valence-corrected chi connectivity index (χ3v) is 2.96. The molecule has 2 rings (SSSR count). The van der Waals surface area contributed by atoms with E-state index in [1.54, 1.807) is 6.08 Å². The van der Waals surface area contributed by atoms with Gasteiger partial charge in [-0.15, -0.1) is 0 Å². The molecule has 1 aliphatic heterocycles. The number of fused-ring (bicyclic) bond motifs is 1. The smallest absolute Gasteiger partial charge is 0.327 e. The van der Waals surface area contributed by atoms with Gasteiger partial charge < -0.3 is 9.84 Å². The van der Waals surface area contributed by atoms with Crippen LogP contribution in [0.5, 0.6) is 5.75 Å². The topological polar surface area (TPSA) is 46.5 Å². The van der Waals surface area contributed by atoms with Gasteiger partial charge in [-0.05, 0) is 30.2 Å². The maximum atomic E-state index is 10.4. The molecule has 3 nitrogen and oxygen atoms in total. The number of ether oxygens (including phenoxy) is 1. The summed E-state index contributed by atoms with van der Waals surface area (Å²) in [4.78, 5) is 10.4. The second-order valence-electron chi connectivity index (χ2n) is 3.72. The van der Waals surface area contributed by atoms with Gasteiger partial charge in [-0.2, -0.15) is 0 Å². The number of hydrogen-bond donors (Lipinski definition) is 1. The van der Waals surface area contributed by atoms with E-state index < -0.39 is 5.97 Å². The zero-order valence-corrected chi connectivity index (χ0v) is 10.1. The molecule has 84 valence electrons. The van der Waals surface area contributed by atoms with Crippen molar-refractivity contribution >= 4 is 21.9 Å². The second kappa shape index (κ2) is 4.70. The number of carbonyl (C=O) groups is 1. The van der Waals surface area contributed by atoms with Crippen molar-refractivity contribution in [3.63, 3.8) is 0 Å². The van der Waals surface area contributed by atoms with Crippen LogP contribution >= 0.6 is 15.9 Å². The molecule has 0 aromatic heterocycles. The number of rotatable bonds is 2. The number of aliphatic carboxylic acids is 1. The van der Waals surface area contributed by atoms with Crippen molar-refractivity contribution in [2.75, 3.05) is 6.61 Å². The predicted octanol–water partition coefficient (Wildman–Crippen LogP) is 2.64. The fourth-order valence-electron chi connectivity index (χ4n) is 1.73. The molecule has 0 bridgehead atoms. The van der Waals surface area contributed by atoms with Crippen molar-refractivity contribution < 1.29 is 14.6 Å². The first kappa shape index (κ1) is 11.2. The van der Waals surface area contributed by atoms with Gasteiger partial charge in [-0.3, -0.25) is 0 Å². The SMILES string of the molecule is O=C(O)C=CC1COc2ccc(Br)cc2C1. The van der Waals surface area contributed by atoms with E-state index in [0.29, 0.717) is 6.61 Å². The Morgan fingerprint density at radius 2 is 2.38 bits per heavy atom. The second-order valence-corrected chi connectivity index (χ2v) is 4.64. The van der Waals surface area contributed by atoms with Crippen molar-refractivity contribution in [1.29, 1.82) is 0 Å². The highest BCUT2D eigenvalue weighted by molar-refractivity contribution is 9.10. The number of carboxylic acid groups (broad SMARTS) is 1. The van der Waals surface area contributed by atoms with Crippen LogP contribution in [0.25, 0.3) is 0 Å². The fourth-order valence-corrected chi connectivity index (χ4v) is 2.14. The number of hydrogen-bond acceptors (Lipinski definition) is 2. The minimum absolute atomic E-state index is 0.137. The lowest BCUT2D eigenvalue weighted by Gasteiger charge is -2.23. The summed E-state index contributed by atoms with van der Waals surface area (Å²) in [5.74, 6) is 0.112. The van der Waals surface area contributed by atoms with E-state index in [0.717, 1.165) is 22.2 Å². The first-order chi connectivity index (χ1) is 7.65.